The van der Waals surface area contributed by atoms with E-state index in [0.29, 0.717) is 10.3 Å². The molecule has 0 spiro atoms. The Morgan fingerprint density at radius 3 is 2.74 bits per heavy atom. The molecule has 0 fully saturated rings. The highest BCUT2D eigenvalue weighted by molar-refractivity contribution is 14.1. The first-order valence-corrected chi connectivity index (χ1v) is 7.22. The van der Waals surface area contributed by atoms with Gasteiger partial charge in [-0.15, -0.1) is 0 Å². The van der Waals surface area contributed by atoms with Crippen molar-refractivity contribution in [3.8, 4) is 5.69 Å². The monoisotopic (exact) mass is 384 g/mol. The van der Waals surface area contributed by atoms with Crippen LogP contribution in [0.1, 0.15) is 5.56 Å². The molecule has 0 unspecified atom stereocenters. The highest BCUT2D eigenvalue weighted by Crippen LogP contribution is 2.22. The number of aromatic nitrogens is 2. The maximum Gasteiger partial charge on any atom is 0.182 e. The molecule has 0 saturated heterocycles. The fraction of sp³-hybridized carbons (Fsp3) is 0.0714. The van der Waals surface area contributed by atoms with E-state index in [2.05, 4.69) is 27.6 Å². The molecule has 19 heavy (non-hydrogen) atoms. The fourth-order valence-corrected chi connectivity index (χ4v) is 2.91. The Labute approximate surface area is 128 Å². The number of aryl methyl sites for hydroxylation is 1. The molecule has 0 radical (unpaired) electrons. The SMILES string of the molecule is Cc1cc(-n2c(=S)[nH]c3cc(I)ccc32)ccc1F. The molecular formula is C14H10FIN2S. The van der Waals surface area contributed by atoms with Gasteiger partial charge >= 0.3 is 0 Å². The molecule has 2 aromatic carbocycles. The van der Waals surface area contributed by atoms with E-state index in [-0.39, 0.29) is 5.82 Å². The zero-order valence-electron chi connectivity index (χ0n) is 10.1. The smallest absolute Gasteiger partial charge is 0.182 e. The molecule has 96 valence electrons. The molecule has 0 atom stereocenters. The fourth-order valence-electron chi connectivity index (χ4n) is 2.11. The number of H-pyrrole nitrogens is 1. The zero-order chi connectivity index (χ0) is 13.6. The highest BCUT2D eigenvalue weighted by atomic mass is 127. The van der Waals surface area contributed by atoms with Gasteiger partial charge in [0.05, 0.1) is 11.0 Å². The summed E-state index contributed by atoms with van der Waals surface area (Å²) in [6, 6.07) is 11.1. The first-order chi connectivity index (χ1) is 9.06. The largest absolute Gasteiger partial charge is 0.330 e. The van der Waals surface area contributed by atoms with E-state index in [1.165, 1.54) is 6.07 Å². The number of hydrogen-bond donors (Lipinski definition) is 1. The van der Waals surface area contributed by atoms with Gasteiger partial charge in [0.1, 0.15) is 5.82 Å². The van der Waals surface area contributed by atoms with Gasteiger partial charge in [-0.05, 0) is 83.7 Å². The van der Waals surface area contributed by atoms with Crippen LogP contribution in [0.15, 0.2) is 36.4 Å². The lowest BCUT2D eigenvalue weighted by atomic mass is 10.2. The number of halogens is 2. The van der Waals surface area contributed by atoms with Crippen LogP contribution in [0.2, 0.25) is 0 Å². The predicted molar refractivity (Wildman–Crippen MR) is 85.9 cm³/mol. The second-order valence-electron chi connectivity index (χ2n) is 4.36. The summed E-state index contributed by atoms with van der Waals surface area (Å²) in [7, 11) is 0. The second-order valence-corrected chi connectivity index (χ2v) is 5.99. The molecule has 0 aliphatic rings. The van der Waals surface area contributed by atoms with Crippen molar-refractivity contribution in [3.63, 3.8) is 0 Å². The van der Waals surface area contributed by atoms with E-state index >= 15 is 0 Å². The summed E-state index contributed by atoms with van der Waals surface area (Å²) in [6.07, 6.45) is 0. The Hall–Kier alpha value is -1.21. The average molecular weight is 384 g/mol. The number of benzene rings is 2. The molecular weight excluding hydrogens is 374 g/mol. The lowest BCUT2D eigenvalue weighted by molar-refractivity contribution is 0.618. The number of hydrogen-bond acceptors (Lipinski definition) is 1. The number of fused-ring (bicyclic) bond motifs is 1. The molecule has 0 aliphatic heterocycles. The molecule has 0 saturated carbocycles. The summed E-state index contributed by atoms with van der Waals surface area (Å²) in [5.74, 6) is -0.204. The molecule has 1 N–H and O–H groups in total. The standard InChI is InChI=1S/C14H10FIN2S/c1-8-6-10(3-4-11(8)15)18-13-5-2-9(16)7-12(13)17-14(18)19/h2-7H,1H3,(H,17,19). The van der Waals surface area contributed by atoms with E-state index in [1.807, 2.05) is 22.8 Å². The minimum absolute atomic E-state index is 0.204. The number of imidazole rings is 1. The first kappa shape index (κ1) is 12.8. The van der Waals surface area contributed by atoms with Crippen molar-refractivity contribution in [2.45, 2.75) is 6.92 Å². The lowest BCUT2D eigenvalue weighted by Crippen LogP contribution is -1.95. The molecule has 1 heterocycles. The van der Waals surface area contributed by atoms with Crippen molar-refractivity contribution >= 4 is 45.8 Å². The Balaban J connectivity index is 2.32. The summed E-state index contributed by atoms with van der Waals surface area (Å²) in [5.41, 5.74) is 3.46. The normalized spacial score (nSPS) is 11.1. The summed E-state index contributed by atoms with van der Waals surface area (Å²) in [6.45, 7) is 1.75. The molecule has 0 amide bonds. The van der Waals surface area contributed by atoms with Crippen LogP contribution in [-0.2, 0) is 0 Å². The van der Waals surface area contributed by atoms with Crippen LogP contribution in [0.4, 0.5) is 4.39 Å². The summed E-state index contributed by atoms with van der Waals surface area (Å²) >= 11 is 7.63. The van der Waals surface area contributed by atoms with Gasteiger partial charge in [0, 0.05) is 9.26 Å². The van der Waals surface area contributed by atoms with Crippen LogP contribution in [0.5, 0.6) is 0 Å². The van der Waals surface area contributed by atoms with Gasteiger partial charge < -0.3 is 4.98 Å². The molecule has 0 bridgehead atoms. The molecule has 0 aliphatic carbocycles. The number of nitrogens with one attached hydrogen (secondary N) is 1. The topological polar surface area (TPSA) is 20.7 Å². The van der Waals surface area contributed by atoms with Gasteiger partial charge in [0.25, 0.3) is 0 Å². The Bertz CT molecular complexity index is 835. The van der Waals surface area contributed by atoms with Crippen molar-refractivity contribution in [2.24, 2.45) is 0 Å². The summed E-state index contributed by atoms with van der Waals surface area (Å²) in [4.78, 5) is 3.18. The predicted octanol–water partition coefficient (Wildman–Crippen LogP) is 4.74. The minimum atomic E-state index is -0.204. The van der Waals surface area contributed by atoms with Crippen LogP contribution >= 0.6 is 34.8 Å². The lowest BCUT2D eigenvalue weighted by Gasteiger charge is -2.06. The number of rotatable bonds is 1. The Morgan fingerprint density at radius 1 is 1.21 bits per heavy atom. The van der Waals surface area contributed by atoms with Gasteiger partial charge in [-0.2, -0.15) is 0 Å². The second kappa shape index (κ2) is 4.72. The molecule has 5 heteroatoms. The summed E-state index contributed by atoms with van der Waals surface area (Å²) < 4.78 is 17.0. The van der Waals surface area contributed by atoms with Crippen LogP contribution in [-0.4, -0.2) is 9.55 Å². The first-order valence-electron chi connectivity index (χ1n) is 5.73. The Morgan fingerprint density at radius 2 is 2.00 bits per heavy atom. The van der Waals surface area contributed by atoms with Gasteiger partial charge in [-0.3, -0.25) is 4.57 Å². The van der Waals surface area contributed by atoms with Crippen LogP contribution in [0.25, 0.3) is 16.7 Å². The third-order valence-corrected chi connectivity index (χ3v) is 4.00. The highest BCUT2D eigenvalue weighted by Gasteiger charge is 2.08. The molecule has 1 aromatic heterocycles. The summed E-state index contributed by atoms with van der Waals surface area (Å²) in [5, 5.41) is 0. The maximum absolute atomic E-state index is 13.4. The van der Waals surface area contributed by atoms with Crippen molar-refractivity contribution < 1.29 is 4.39 Å². The van der Waals surface area contributed by atoms with Gasteiger partial charge in [-0.25, -0.2) is 4.39 Å². The van der Waals surface area contributed by atoms with Gasteiger partial charge in [-0.1, -0.05) is 0 Å². The number of aromatic amines is 1. The minimum Gasteiger partial charge on any atom is -0.330 e. The van der Waals surface area contributed by atoms with Crippen molar-refractivity contribution in [1.29, 1.82) is 0 Å². The van der Waals surface area contributed by atoms with Gasteiger partial charge in [0.15, 0.2) is 4.77 Å². The van der Waals surface area contributed by atoms with Crippen LogP contribution in [0, 0.1) is 21.1 Å². The zero-order valence-corrected chi connectivity index (χ0v) is 13.0. The van der Waals surface area contributed by atoms with E-state index in [0.717, 1.165) is 20.3 Å². The van der Waals surface area contributed by atoms with E-state index in [9.17, 15) is 4.39 Å². The Kier molecular flexibility index (Phi) is 3.18. The van der Waals surface area contributed by atoms with Crippen molar-refractivity contribution in [1.82, 2.24) is 9.55 Å². The third kappa shape index (κ3) is 2.21. The van der Waals surface area contributed by atoms with Crippen molar-refractivity contribution in [2.75, 3.05) is 0 Å². The third-order valence-electron chi connectivity index (χ3n) is 3.04. The van der Waals surface area contributed by atoms with Gasteiger partial charge in [0.2, 0.25) is 0 Å². The van der Waals surface area contributed by atoms with E-state index in [4.69, 9.17) is 12.2 Å². The van der Waals surface area contributed by atoms with Crippen LogP contribution < -0.4 is 0 Å². The van der Waals surface area contributed by atoms with Crippen LogP contribution in [0.3, 0.4) is 0 Å². The number of nitrogens with zero attached hydrogens (tertiary/aromatic N) is 1. The molecule has 3 rings (SSSR count). The quantitative estimate of drug-likeness (QED) is 0.475. The van der Waals surface area contributed by atoms with E-state index < -0.39 is 0 Å². The van der Waals surface area contributed by atoms with Crippen molar-refractivity contribution in [3.05, 3.63) is 56.1 Å². The molecule has 2 nitrogen and oxygen atoms in total. The molecule has 3 aromatic rings. The average Bonchev–Trinajstić information content (AvgIpc) is 2.68. The maximum atomic E-state index is 13.4. The van der Waals surface area contributed by atoms with E-state index in [1.54, 1.807) is 19.1 Å².